The van der Waals surface area contributed by atoms with E-state index in [0.29, 0.717) is 32.1 Å². The topological polar surface area (TPSA) is 387 Å². The first-order valence-corrected chi connectivity index (χ1v) is 39.8. The molecule has 101 heavy (non-hydrogen) atoms. The summed E-state index contributed by atoms with van der Waals surface area (Å²) < 4.78 is 0. The van der Waals surface area contributed by atoms with Crippen LogP contribution < -0.4 is 25.5 Å². The summed E-state index contributed by atoms with van der Waals surface area (Å²) in [6.07, 6.45) is 57.5. The van der Waals surface area contributed by atoms with Gasteiger partial charge in [-0.3, -0.25) is 24.0 Å². The van der Waals surface area contributed by atoms with Gasteiger partial charge in [0.1, 0.15) is 0 Å². The molecule has 0 radical (unpaired) electrons. The SMILES string of the molecule is CCCCCCCC(=O)O.CCCCCCCC(=O)O.CCCCCCCC(=O)O.CCCCCCCC(=O)O.CCCCCCCC(=O)O.CCCCCCCC(=O)[O-].CCCCCCCC(=O)[O-].CCCCCCCC(=O)[O-].CCCCCCCC(=O)[O-].CCCCCCCC(=O)[O-].[Nb+5]. The van der Waals surface area contributed by atoms with Crippen LogP contribution in [0.3, 0.4) is 0 Å². The Morgan fingerprint density at radius 1 is 0.158 bits per heavy atom. The van der Waals surface area contributed by atoms with E-state index in [1.165, 1.54) is 161 Å². The van der Waals surface area contributed by atoms with Gasteiger partial charge in [0.05, 0.1) is 0 Å². The summed E-state index contributed by atoms with van der Waals surface area (Å²) in [5, 5.41) is 91.0. The zero-order chi connectivity index (χ0) is 78.2. The van der Waals surface area contributed by atoms with Crippen molar-refractivity contribution in [2.24, 2.45) is 0 Å². The van der Waals surface area contributed by atoms with E-state index in [-0.39, 0.29) is 54.5 Å². The van der Waals surface area contributed by atoms with Crippen LogP contribution in [0.1, 0.15) is 454 Å². The van der Waals surface area contributed by atoms with Crippen molar-refractivity contribution in [3.8, 4) is 0 Å². The molecule has 0 atom stereocenters. The number of rotatable bonds is 60. The fraction of sp³-hybridized carbons (Fsp3) is 0.875. The molecule has 600 valence electrons. The third-order valence-electron chi connectivity index (χ3n) is 14.9. The largest absolute Gasteiger partial charge is 5.00 e. The number of carboxylic acids is 10. The van der Waals surface area contributed by atoms with E-state index < -0.39 is 59.7 Å². The molecule has 0 aliphatic rings. The molecule has 0 amide bonds. The minimum Gasteiger partial charge on any atom is -0.550 e. The van der Waals surface area contributed by atoms with Gasteiger partial charge >= 0.3 is 52.2 Å². The zero-order valence-electron chi connectivity index (χ0n) is 66.2. The second-order valence-corrected chi connectivity index (χ2v) is 25.5. The van der Waals surface area contributed by atoms with E-state index in [9.17, 15) is 73.5 Å². The van der Waals surface area contributed by atoms with Crippen molar-refractivity contribution in [2.45, 2.75) is 454 Å². The van der Waals surface area contributed by atoms with Crippen molar-refractivity contribution in [1.82, 2.24) is 0 Å². The molecular formula is C80H155NbO20. The van der Waals surface area contributed by atoms with E-state index in [1.807, 2.05) is 0 Å². The Morgan fingerprint density at radius 3 is 0.307 bits per heavy atom. The van der Waals surface area contributed by atoms with Gasteiger partial charge < -0.3 is 75.0 Å². The molecule has 0 aromatic carbocycles. The van der Waals surface area contributed by atoms with Gasteiger partial charge in [-0.1, -0.05) is 326 Å². The summed E-state index contributed by atoms with van der Waals surface area (Å²) in [6.45, 7) is 21.4. The minimum atomic E-state index is -0.920. The first-order valence-electron chi connectivity index (χ1n) is 39.8. The van der Waals surface area contributed by atoms with Crippen molar-refractivity contribution in [3.05, 3.63) is 0 Å². The number of aliphatic carboxylic acids is 10. The van der Waals surface area contributed by atoms with Crippen LogP contribution in [0.25, 0.3) is 0 Å². The molecule has 0 saturated carbocycles. The Kier molecular flexibility index (Phi) is 139. The zero-order valence-corrected chi connectivity index (χ0v) is 68.4. The molecule has 0 aromatic rings. The van der Waals surface area contributed by atoms with Gasteiger partial charge in [0.15, 0.2) is 0 Å². The van der Waals surface area contributed by atoms with Gasteiger partial charge in [0, 0.05) is 62.0 Å². The van der Waals surface area contributed by atoms with Crippen LogP contribution in [0.5, 0.6) is 0 Å². The maximum Gasteiger partial charge on any atom is 5.00 e. The molecule has 0 heterocycles. The van der Waals surface area contributed by atoms with Gasteiger partial charge in [-0.25, -0.2) is 0 Å². The molecule has 0 rings (SSSR count). The van der Waals surface area contributed by atoms with Crippen molar-refractivity contribution in [3.63, 3.8) is 0 Å². The molecule has 0 aliphatic heterocycles. The third-order valence-corrected chi connectivity index (χ3v) is 14.9. The van der Waals surface area contributed by atoms with Gasteiger partial charge in [0.2, 0.25) is 0 Å². The average Bonchev–Trinajstić information content (AvgIpc) is 3.57. The molecule has 0 fully saturated rings. The van der Waals surface area contributed by atoms with E-state index in [4.69, 9.17) is 25.5 Å². The first kappa shape index (κ1) is 120. The molecule has 0 spiro atoms. The molecule has 0 aliphatic carbocycles. The number of hydrogen-bond acceptors (Lipinski definition) is 15. The van der Waals surface area contributed by atoms with Gasteiger partial charge in [-0.2, -0.15) is 0 Å². The summed E-state index contributed by atoms with van der Waals surface area (Å²) in [5.41, 5.74) is 0. The first-order chi connectivity index (χ1) is 47.7. The van der Waals surface area contributed by atoms with Gasteiger partial charge in [0.25, 0.3) is 0 Å². The van der Waals surface area contributed by atoms with Crippen LogP contribution in [-0.4, -0.2) is 85.2 Å². The van der Waals surface area contributed by atoms with E-state index in [2.05, 4.69) is 69.2 Å². The van der Waals surface area contributed by atoms with Crippen molar-refractivity contribution >= 4 is 59.7 Å². The Labute approximate surface area is 632 Å². The number of carboxylic acid groups (broad SMARTS) is 10. The summed E-state index contributed by atoms with van der Waals surface area (Å²) in [7, 11) is 0. The number of hydrogen-bond donors (Lipinski definition) is 5. The van der Waals surface area contributed by atoms with E-state index in [0.717, 1.165) is 161 Å². The number of unbranched alkanes of at least 4 members (excludes halogenated alkanes) is 40. The molecule has 21 heteroatoms. The smallest absolute Gasteiger partial charge is 0.550 e. The molecule has 5 N–H and O–H groups in total. The number of carbonyl (C=O) groups is 10. The van der Waals surface area contributed by atoms with Crippen molar-refractivity contribution < 1.29 is 121 Å². The summed E-state index contributed by atoms with van der Waals surface area (Å²) >= 11 is 0. The van der Waals surface area contributed by atoms with Crippen LogP contribution in [0, 0.1) is 0 Å². The Bertz CT molecular complexity index is 1300. The fourth-order valence-electron chi connectivity index (χ4n) is 8.76. The maximum atomic E-state index is 10.0. The summed E-state index contributed by atoms with van der Waals surface area (Å²) in [5.74, 6) is -7.95. The van der Waals surface area contributed by atoms with Crippen LogP contribution in [-0.2, 0) is 70.3 Å². The van der Waals surface area contributed by atoms with Gasteiger partial charge in [-0.15, -0.1) is 0 Å². The van der Waals surface area contributed by atoms with Gasteiger partial charge in [-0.05, 0) is 96.3 Å². The van der Waals surface area contributed by atoms with Crippen LogP contribution in [0.15, 0.2) is 0 Å². The minimum absolute atomic E-state index is 0. The molecule has 0 aromatic heterocycles. The predicted molar refractivity (Wildman–Crippen MR) is 397 cm³/mol. The molecule has 0 unspecified atom stereocenters. The average molecular weight is 1530 g/mol. The second-order valence-electron chi connectivity index (χ2n) is 25.5. The van der Waals surface area contributed by atoms with Crippen LogP contribution >= 0.6 is 0 Å². The predicted octanol–water partition coefficient (Wildman–Crippen LogP) is 17.6. The molecule has 0 saturated heterocycles. The molecular weight excluding hydrogens is 1370 g/mol. The van der Waals surface area contributed by atoms with E-state index in [1.54, 1.807) is 0 Å². The fourth-order valence-corrected chi connectivity index (χ4v) is 8.76. The summed E-state index contributed by atoms with van der Waals surface area (Å²) in [6, 6.07) is 0. The van der Waals surface area contributed by atoms with Crippen LogP contribution in [0.4, 0.5) is 0 Å². The monoisotopic (exact) mass is 1530 g/mol. The maximum absolute atomic E-state index is 10.0. The van der Waals surface area contributed by atoms with Crippen LogP contribution in [0.2, 0.25) is 0 Å². The van der Waals surface area contributed by atoms with Crippen molar-refractivity contribution in [2.75, 3.05) is 0 Å². The van der Waals surface area contributed by atoms with E-state index >= 15 is 0 Å². The van der Waals surface area contributed by atoms with Crippen molar-refractivity contribution in [1.29, 1.82) is 0 Å². The Balaban J connectivity index is -0.0000000989. The molecule has 0 bridgehead atoms. The quantitative estimate of drug-likeness (QED) is 0.0279. The Hall–Kier alpha value is -4.56. The standard InChI is InChI=1S/10C8H16O2.Nb/c10*1-2-3-4-5-6-7-8(9)10;/h10*2-7H2,1H3,(H,9,10);/q;;;;;;;;;;+5/p-5. The number of carbonyl (C=O) groups excluding carboxylic acids is 5. The third kappa shape index (κ3) is 195. The second kappa shape index (κ2) is 117. The normalized spacial score (nSPS) is 9.60. The molecule has 20 nitrogen and oxygen atoms in total. The Morgan fingerprint density at radius 2 is 0.238 bits per heavy atom. The summed E-state index contributed by atoms with van der Waals surface area (Å²) in [4.78, 5) is 99.8.